The number of fused-ring (bicyclic) bond motifs is 1. The second kappa shape index (κ2) is 7.71. The van der Waals surface area contributed by atoms with Crippen LogP contribution in [0, 0.1) is 0 Å². The zero-order valence-electron chi connectivity index (χ0n) is 17.0. The molecule has 1 aliphatic rings. The summed E-state index contributed by atoms with van der Waals surface area (Å²) in [5.74, 6) is 0.329. The van der Waals surface area contributed by atoms with Gasteiger partial charge in [-0.3, -0.25) is 4.98 Å². The van der Waals surface area contributed by atoms with Crippen molar-refractivity contribution in [2.24, 2.45) is 4.99 Å². The molecule has 158 valence electrons. The predicted molar refractivity (Wildman–Crippen MR) is 115 cm³/mol. The molecule has 1 saturated carbocycles. The highest BCUT2D eigenvalue weighted by Gasteiger charge is 2.17. The van der Waals surface area contributed by atoms with Crippen LogP contribution in [0.15, 0.2) is 46.3 Å². The highest BCUT2D eigenvalue weighted by molar-refractivity contribution is 5.61. The molecule has 0 saturated heterocycles. The van der Waals surface area contributed by atoms with E-state index in [1.54, 1.807) is 16.8 Å². The molecule has 3 heterocycles. The monoisotopic (exact) mass is 418 g/mol. The number of anilines is 2. The standard InChI is InChI=1S/C21H22N8O2/c1-28(15-9-3-2-4-10-15)21-27-19(23-14-7-5-6-8-14)25-17-13(12-22-29(17)21)11-16-18(30)26-20(31)24-16/h2-4,9-12,14,30H,5-8H2,1H3,(H2,24,26,31)/b13-11+,23-19?. The number of hydrogen-bond acceptors (Lipinski definition) is 7. The highest BCUT2D eigenvalue weighted by atomic mass is 16.3. The van der Waals surface area contributed by atoms with Gasteiger partial charge in [0.15, 0.2) is 5.65 Å². The molecule has 3 N–H and O–H groups in total. The summed E-state index contributed by atoms with van der Waals surface area (Å²) in [6.45, 7) is 0. The largest absolute Gasteiger partial charge is 0.493 e. The lowest BCUT2D eigenvalue weighted by Gasteiger charge is -2.18. The average molecular weight is 418 g/mol. The minimum absolute atomic E-state index is 0.220. The van der Waals surface area contributed by atoms with Crippen LogP contribution in [0.25, 0.3) is 11.7 Å². The highest BCUT2D eigenvalue weighted by Crippen LogP contribution is 2.21. The Labute approximate surface area is 176 Å². The van der Waals surface area contributed by atoms with Gasteiger partial charge in [-0.2, -0.15) is 19.6 Å². The first kappa shape index (κ1) is 19.0. The number of aromatic amines is 2. The third-order valence-corrected chi connectivity index (χ3v) is 5.47. The van der Waals surface area contributed by atoms with Crippen molar-refractivity contribution in [2.75, 3.05) is 11.9 Å². The van der Waals surface area contributed by atoms with Crippen LogP contribution >= 0.6 is 0 Å². The number of rotatable bonds is 4. The Hall–Kier alpha value is -3.95. The molecule has 5 rings (SSSR count). The van der Waals surface area contributed by atoms with Gasteiger partial charge in [0.2, 0.25) is 17.4 Å². The van der Waals surface area contributed by atoms with Crippen molar-refractivity contribution in [2.45, 2.75) is 31.7 Å². The van der Waals surface area contributed by atoms with Crippen LogP contribution in [-0.4, -0.2) is 47.7 Å². The fourth-order valence-electron chi connectivity index (χ4n) is 3.86. The molecule has 1 aliphatic carbocycles. The normalized spacial score (nSPS) is 15.9. The van der Waals surface area contributed by atoms with Gasteiger partial charge in [0, 0.05) is 18.0 Å². The molecule has 0 radical (unpaired) electrons. The Kier molecular flexibility index (Phi) is 4.73. The number of aromatic nitrogens is 6. The molecule has 1 fully saturated rings. The van der Waals surface area contributed by atoms with Crippen molar-refractivity contribution < 1.29 is 5.11 Å². The Balaban J connectivity index is 1.73. The molecule has 10 nitrogen and oxygen atoms in total. The van der Waals surface area contributed by atoms with Crippen molar-refractivity contribution in [3.8, 4) is 5.88 Å². The van der Waals surface area contributed by atoms with Gasteiger partial charge in [-0.1, -0.05) is 31.0 Å². The van der Waals surface area contributed by atoms with E-state index in [2.05, 4.69) is 20.1 Å². The van der Waals surface area contributed by atoms with Gasteiger partial charge in [-0.15, -0.1) is 0 Å². The van der Waals surface area contributed by atoms with E-state index < -0.39 is 5.69 Å². The van der Waals surface area contributed by atoms with E-state index in [9.17, 15) is 9.90 Å². The number of nitrogens with one attached hydrogen (secondary N) is 2. The van der Waals surface area contributed by atoms with Crippen LogP contribution in [0.5, 0.6) is 5.88 Å². The maximum atomic E-state index is 11.5. The Morgan fingerprint density at radius 1 is 1.19 bits per heavy atom. The second-order valence-electron chi connectivity index (χ2n) is 7.61. The fraction of sp³-hybridized carbons (Fsp3) is 0.286. The molecule has 0 atom stereocenters. The SMILES string of the molecule is CN(c1ccccc1)c1nc(=NC2CCCC2)nc2/c(=C/c3[nH]c(=O)[nH]c3O)cnn12. The number of para-hydroxylation sites is 1. The molecule has 0 unspecified atom stereocenters. The number of aromatic hydroxyl groups is 1. The first-order valence-corrected chi connectivity index (χ1v) is 10.2. The Bertz CT molecular complexity index is 1400. The lowest BCUT2D eigenvalue weighted by atomic mass is 10.3. The second-order valence-corrected chi connectivity index (χ2v) is 7.61. The van der Waals surface area contributed by atoms with Gasteiger partial charge >= 0.3 is 5.69 Å². The summed E-state index contributed by atoms with van der Waals surface area (Å²) < 4.78 is 1.63. The smallest absolute Gasteiger partial charge is 0.326 e. The quantitative estimate of drug-likeness (QED) is 0.454. The Morgan fingerprint density at radius 2 is 1.97 bits per heavy atom. The predicted octanol–water partition coefficient (Wildman–Crippen LogP) is 1.01. The summed E-state index contributed by atoms with van der Waals surface area (Å²) in [5.41, 5.74) is 1.65. The van der Waals surface area contributed by atoms with Gasteiger partial charge in [-0.25, -0.2) is 9.79 Å². The maximum absolute atomic E-state index is 11.5. The lowest BCUT2D eigenvalue weighted by molar-refractivity contribution is 0.454. The summed E-state index contributed by atoms with van der Waals surface area (Å²) in [5, 5.41) is 15.0. The van der Waals surface area contributed by atoms with Crippen molar-refractivity contribution in [1.29, 1.82) is 0 Å². The molecule has 1 aromatic carbocycles. The van der Waals surface area contributed by atoms with Crippen molar-refractivity contribution >= 4 is 23.4 Å². The minimum atomic E-state index is -0.490. The van der Waals surface area contributed by atoms with Gasteiger partial charge in [0.25, 0.3) is 0 Å². The fourth-order valence-corrected chi connectivity index (χ4v) is 3.86. The molecular weight excluding hydrogens is 396 g/mol. The number of imidazole rings is 1. The lowest BCUT2D eigenvalue weighted by Crippen LogP contribution is -2.26. The number of nitrogens with zero attached hydrogens (tertiary/aromatic N) is 6. The van der Waals surface area contributed by atoms with Crippen LogP contribution in [0.2, 0.25) is 0 Å². The molecule has 0 aliphatic heterocycles. The van der Waals surface area contributed by atoms with Gasteiger partial charge in [0.05, 0.1) is 12.2 Å². The summed E-state index contributed by atoms with van der Waals surface area (Å²) in [7, 11) is 1.91. The Morgan fingerprint density at radius 3 is 2.68 bits per heavy atom. The number of H-pyrrole nitrogens is 2. The van der Waals surface area contributed by atoms with Crippen LogP contribution in [0.4, 0.5) is 11.6 Å². The first-order valence-electron chi connectivity index (χ1n) is 10.2. The van der Waals surface area contributed by atoms with E-state index in [0.717, 1.165) is 18.5 Å². The zero-order chi connectivity index (χ0) is 21.4. The van der Waals surface area contributed by atoms with E-state index in [1.807, 2.05) is 42.3 Å². The van der Waals surface area contributed by atoms with Crippen molar-refractivity contribution in [1.82, 2.24) is 29.5 Å². The van der Waals surface area contributed by atoms with Gasteiger partial charge < -0.3 is 15.0 Å². The summed E-state index contributed by atoms with van der Waals surface area (Å²) >= 11 is 0. The third-order valence-electron chi connectivity index (χ3n) is 5.47. The van der Waals surface area contributed by atoms with E-state index in [0.29, 0.717) is 22.4 Å². The number of hydrogen-bond donors (Lipinski definition) is 3. The van der Waals surface area contributed by atoms with Gasteiger partial charge in [0.1, 0.15) is 5.69 Å². The van der Waals surface area contributed by atoms with Gasteiger partial charge in [-0.05, 0) is 31.1 Å². The van der Waals surface area contributed by atoms with E-state index in [1.165, 1.54) is 12.8 Å². The molecule has 31 heavy (non-hydrogen) atoms. The molecule has 4 aromatic rings. The third kappa shape index (κ3) is 3.67. The van der Waals surface area contributed by atoms with Crippen LogP contribution in [0.1, 0.15) is 31.4 Å². The maximum Gasteiger partial charge on any atom is 0.326 e. The van der Waals surface area contributed by atoms with Crippen LogP contribution in [0.3, 0.4) is 0 Å². The average Bonchev–Trinajstić information content (AvgIpc) is 3.50. The molecule has 0 spiro atoms. The van der Waals surface area contributed by atoms with Crippen molar-refractivity contribution in [3.63, 3.8) is 0 Å². The molecule has 0 bridgehead atoms. The van der Waals surface area contributed by atoms with E-state index in [4.69, 9.17) is 9.98 Å². The van der Waals surface area contributed by atoms with Crippen LogP contribution < -0.4 is 21.4 Å². The topological polar surface area (TPSA) is 128 Å². The summed E-state index contributed by atoms with van der Waals surface area (Å²) in [4.78, 5) is 32.4. The minimum Gasteiger partial charge on any atom is -0.493 e. The molecular formula is C21H22N8O2. The first-order chi connectivity index (χ1) is 15.1. The van der Waals surface area contributed by atoms with E-state index >= 15 is 0 Å². The molecule has 3 aromatic heterocycles. The van der Waals surface area contributed by atoms with Crippen molar-refractivity contribution in [3.05, 3.63) is 63.5 Å². The number of benzene rings is 1. The zero-order valence-corrected chi connectivity index (χ0v) is 17.0. The van der Waals surface area contributed by atoms with E-state index in [-0.39, 0.29) is 17.6 Å². The molecule has 10 heteroatoms. The molecule has 0 amide bonds. The summed E-state index contributed by atoms with van der Waals surface area (Å²) in [6, 6.07) is 10.1. The van der Waals surface area contributed by atoms with Crippen LogP contribution in [-0.2, 0) is 0 Å². The summed E-state index contributed by atoms with van der Waals surface area (Å²) in [6.07, 6.45) is 7.65.